The van der Waals surface area contributed by atoms with Crippen molar-refractivity contribution in [1.82, 2.24) is 19.5 Å². The Morgan fingerprint density at radius 3 is 2.63 bits per heavy atom. The van der Waals surface area contributed by atoms with Crippen LogP contribution in [0.25, 0.3) is 11.2 Å². The molecule has 142 valence electrons. The van der Waals surface area contributed by atoms with Gasteiger partial charge in [0.1, 0.15) is 6.23 Å². The van der Waals surface area contributed by atoms with Gasteiger partial charge < -0.3 is 24.6 Å². The smallest absolute Gasteiger partial charge is 0.200 e. The summed E-state index contributed by atoms with van der Waals surface area (Å²) in [5, 5.41) is 13.3. The largest absolute Gasteiger partial charge is 0.502 e. The molecule has 27 heavy (non-hydrogen) atoms. The number of phenols is 1. The molecule has 1 aliphatic rings. The first-order valence-electron chi connectivity index (χ1n) is 8.34. The third kappa shape index (κ3) is 3.34. The zero-order chi connectivity index (χ0) is 19.0. The van der Waals surface area contributed by atoms with E-state index in [1.165, 1.54) is 14.2 Å². The molecule has 3 aromatic rings. The van der Waals surface area contributed by atoms with Crippen molar-refractivity contribution in [3.05, 3.63) is 22.3 Å². The van der Waals surface area contributed by atoms with E-state index in [2.05, 4.69) is 42.9 Å². The Kier molecular flexibility index (Phi) is 4.91. The Labute approximate surface area is 168 Å². The summed E-state index contributed by atoms with van der Waals surface area (Å²) in [6.07, 6.45) is 3.63. The van der Waals surface area contributed by atoms with Crippen molar-refractivity contribution in [2.24, 2.45) is 0 Å². The fraction of sp³-hybridized carbons (Fsp3) is 0.353. The van der Waals surface area contributed by atoms with Crippen LogP contribution in [-0.2, 0) is 4.74 Å². The molecule has 0 amide bonds. The van der Waals surface area contributed by atoms with Gasteiger partial charge in [0, 0.05) is 47.0 Å². The third-order valence-electron chi connectivity index (χ3n) is 4.35. The summed E-state index contributed by atoms with van der Waals surface area (Å²) in [7, 11) is 2.96. The van der Waals surface area contributed by atoms with Crippen LogP contribution in [-0.4, -0.2) is 45.5 Å². The number of nitrogens with one attached hydrogen (secondary N) is 1. The maximum atomic E-state index is 10.1. The molecule has 1 atom stereocenters. The number of ether oxygens (including phenoxy) is 3. The van der Waals surface area contributed by atoms with Gasteiger partial charge in [-0.1, -0.05) is 0 Å². The molecular weight excluding hydrogens is 465 g/mol. The molecule has 3 heterocycles. The van der Waals surface area contributed by atoms with Crippen molar-refractivity contribution in [3.8, 4) is 17.2 Å². The van der Waals surface area contributed by atoms with E-state index < -0.39 is 0 Å². The van der Waals surface area contributed by atoms with E-state index in [9.17, 15) is 5.11 Å². The molecule has 1 aromatic carbocycles. The van der Waals surface area contributed by atoms with Crippen LogP contribution in [0.15, 0.2) is 18.5 Å². The molecule has 0 bridgehead atoms. The van der Waals surface area contributed by atoms with E-state index in [-0.39, 0.29) is 12.0 Å². The highest BCUT2D eigenvalue weighted by Crippen LogP contribution is 2.40. The second-order valence-electron chi connectivity index (χ2n) is 5.99. The number of aromatic nitrogens is 4. The van der Waals surface area contributed by atoms with E-state index in [4.69, 9.17) is 14.2 Å². The van der Waals surface area contributed by atoms with E-state index in [1.807, 2.05) is 4.57 Å². The van der Waals surface area contributed by atoms with Gasteiger partial charge in [0.25, 0.3) is 0 Å². The number of aromatic hydroxyl groups is 1. The van der Waals surface area contributed by atoms with Crippen LogP contribution < -0.4 is 14.8 Å². The zero-order valence-corrected chi connectivity index (χ0v) is 16.9. The fourth-order valence-corrected chi connectivity index (χ4v) is 3.54. The number of imidazole rings is 1. The fourth-order valence-electron chi connectivity index (χ4n) is 3.07. The highest BCUT2D eigenvalue weighted by atomic mass is 127. The van der Waals surface area contributed by atoms with Crippen LogP contribution in [0.4, 0.5) is 11.5 Å². The topological polar surface area (TPSA) is 104 Å². The number of rotatable bonds is 5. The Bertz CT molecular complexity index is 962. The molecule has 1 fully saturated rings. The van der Waals surface area contributed by atoms with Crippen LogP contribution >= 0.6 is 22.6 Å². The molecule has 1 aliphatic heterocycles. The molecular formula is C17H18IN5O4. The highest BCUT2D eigenvalue weighted by Gasteiger charge is 2.22. The minimum Gasteiger partial charge on any atom is -0.502 e. The summed E-state index contributed by atoms with van der Waals surface area (Å²) in [6, 6.07) is 3.32. The summed E-state index contributed by atoms with van der Waals surface area (Å²) in [5.41, 5.74) is 1.99. The minimum absolute atomic E-state index is 0.0533. The van der Waals surface area contributed by atoms with Gasteiger partial charge in [-0.15, -0.1) is 0 Å². The number of methoxy groups -OCH3 is 2. The third-order valence-corrected chi connectivity index (χ3v) is 4.84. The number of hydrogen-bond donors (Lipinski definition) is 2. The Balaban J connectivity index is 1.76. The summed E-state index contributed by atoms with van der Waals surface area (Å²) in [6.45, 7) is 0.741. The molecule has 2 N–H and O–H groups in total. The number of nitrogens with zero attached hydrogens (tertiary/aromatic N) is 4. The van der Waals surface area contributed by atoms with E-state index in [0.717, 1.165) is 19.4 Å². The van der Waals surface area contributed by atoms with Crippen molar-refractivity contribution in [2.45, 2.75) is 19.1 Å². The predicted octanol–water partition coefficient (Wildman–Crippen LogP) is 3.21. The van der Waals surface area contributed by atoms with E-state index in [0.29, 0.717) is 38.0 Å². The van der Waals surface area contributed by atoms with Crippen molar-refractivity contribution < 1.29 is 19.3 Å². The number of halogens is 1. The number of benzene rings is 1. The lowest BCUT2D eigenvalue weighted by Gasteiger charge is -2.14. The average molecular weight is 483 g/mol. The van der Waals surface area contributed by atoms with Gasteiger partial charge in [-0.25, -0.2) is 15.0 Å². The molecule has 10 heteroatoms. The standard InChI is InChI=1S/C17H18IN5O4/c1-25-10-6-9(7-11(26-2)14(10)24)20-15-13-16(22-17(18)21-15)23(8-19-13)12-4-3-5-27-12/h6-8,12,24H,3-5H2,1-2H3,(H,20,21,22). The lowest BCUT2D eigenvalue weighted by Crippen LogP contribution is -2.08. The lowest BCUT2D eigenvalue weighted by molar-refractivity contribution is 0.0592. The first-order valence-corrected chi connectivity index (χ1v) is 9.42. The van der Waals surface area contributed by atoms with Crippen LogP contribution in [0.2, 0.25) is 0 Å². The highest BCUT2D eigenvalue weighted by molar-refractivity contribution is 14.1. The molecule has 0 saturated carbocycles. The Morgan fingerprint density at radius 2 is 2.00 bits per heavy atom. The Morgan fingerprint density at radius 1 is 1.26 bits per heavy atom. The van der Waals surface area contributed by atoms with Gasteiger partial charge in [0.15, 0.2) is 32.3 Å². The van der Waals surface area contributed by atoms with Crippen LogP contribution in [0.1, 0.15) is 19.1 Å². The van der Waals surface area contributed by atoms with Gasteiger partial charge >= 0.3 is 0 Å². The average Bonchev–Trinajstić information content (AvgIpc) is 3.32. The maximum absolute atomic E-state index is 10.1. The van der Waals surface area contributed by atoms with Crippen molar-refractivity contribution in [3.63, 3.8) is 0 Å². The SMILES string of the molecule is COc1cc(Nc2nc(I)nc3c2ncn3C2CCCO2)cc(OC)c1O. The van der Waals surface area contributed by atoms with Crippen molar-refractivity contribution in [1.29, 1.82) is 0 Å². The number of hydrogen-bond acceptors (Lipinski definition) is 8. The van der Waals surface area contributed by atoms with Crippen molar-refractivity contribution in [2.75, 3.05) is 26.1 Å². The van der Waals surface area contributed by atoms with E-state index >= 15 is 0 Å². The number of fused-ring (bicyclic) bond motifs is 1. The van der Waals surface area contributed by atoms with Crippen molar-refractivity contribution >= 4 is 45.3 Å². The summed E-state index contributed by atoms with van der Waals surface area (Å²) in [4.78, 5) is 13.5. The predicted molar refractivity (Wildman–Crippen MR) is 107 cm³/mol. The zero-order valence-electron chi connectivity index (χ0n) is 14.8. The van der Waals surface area contributed by atoms with E-state index in [1.54, 1.807) is 18.5 Å². The number of phenolic OH excluding ortho intramolecular Hbond substituents is 1. The van der Waals surface area contributed by atoms with Crippen LogP contribution in [0.3, 0.4) is 0 Å². The molecule has 9 nitrogen and oxygen atoms in total. The Hall–Kier alpha value is -2.34. The van der Waals surface area contributed by atoms with Gasteiger partial charge in [-0.05, 0) is 12.8 Å². The van der Waals surface area contributed by atoms with Gasteiger partial charge in [-0.2, -0.15) is 0 Å². The molecule has 1 saturated heterocycles. The summed E-state index contributed by atoms with van der Waals surface area (Å²) < 4.78 is 18.7. The lowest BCUT2D eigenvalue weighted by atomic mass is 10.2. The van der Waals surface area contributed by atoms with Crippen LogP contribution in [0.5, 0.6) is 17.2 Å². The minimum atomic E-state index is -0.0596. The van der Waals surface area contributed by atoms with Crippen LogP contribution in [0, 0.1) is 3.83 Å². The maximum Gasteiger partial charge on any atom is 0.200 e. The van der Waals surface area contributed by atoms with Gasteiger partial charge in [0.05, 0.1) is 20.5 Å². The second-order valence-corrected chi connectivity index (χ2v) is 6.95. The number of anilines is 2. The molecule has 0 radical (unpaired) electrons. The summed E-state index contributed by atoms with van der Waals surface area (Å²) in [5.74, 6) is 1.08. The molecule has 0 aliphatic carbocycles. The monoisotopic (exact) mass is 483 g/mol. The first kappa shape index (κ1) is 18.0. The normalized spacial score (nSPS) is 16.6. The molecule has 2 aromatic heterocycles. The van der Waals surface area contributed by atoms with Gasteiger partial charge in [0.2, 0.25) is 5.75 Å². The quantitative estimate of drug-likeness (QED) is 0.324. The molecule has 4 rings (SSSR count). The van der Waals surface area contributed by atoms with Gasteiger partial charge in [-0.3, -0.25) is 4.57 Å². The second kappa shape index (κ2) is 7.35. The molecule has 1 unspecified atom stereocenters. The first-order chi connectivity index (χ1) is 13.1. The summed E-state index contributed by atoms with van der Waals surface area (Å²) >= 11 is 2.07. The molecule has 0 spiro atoms.